The minimum Gasteiger partial charge on any atom is -0.376 e. The summed E-state index contributed by atoms with van der Waals surface area (Å²) in [6, 6.07) is 1.99. The van der Waals surface area contributed by atoms with E-state index in [1.165, 1.54) is 0 Å². The first-order valence-electron chi connectivity index (χ1n) is 8.12. The lowest BCUT2D eigenvalue weighted by Crippen LogP contribution is -2.47. The third kappa shape index (κ3) is 4.73. The van der Waals surface area contributed by atoms with Gasteiger partial charge in [0.05, 0.1) is 17.8 Å². The highest BCUT2D eigenvalue weighted by atomic mass is 16.5. The number of carbonyl (C=O) groups excluding carboxylic acids is 1. The molecule has 124 valence electrons. The first-order chi connectivity index (χ1) is 10.5. The molecule has 2 heterocycles. The molecular formula is C16H28N4O2. The van der Waals surface area contributed by atoms with Crippen LogP contribution in [-0.4, -0.2) is 41.1 Å². The summed E-state index contributed by atoms with van der Waals surface area (Å²) in [5.41, 5.74) is 2.18. The van der Waals surface area contributed by atoms with Gasteiger partial charge in [0, 0.05) is 25.4 Å². The van der Waals surface area contributed by atoms with E-state index in [9.17, 15) is 4.79 Å². The van der Waals surface area contributed by atoms with Crippen LogP contribution >= 0.6 is 0 Å². The van der Waals surface area contributed by atoms with E-state index in [1.54, 1.807) is 0 Å². The molecule has 6 nitrogen and oxygen atoms in total. The predicted octanol–water partition coefficient (Wildman–Crippen LogP) is 2.00. The van der Waals surface area contributed by atoms with Gasteiger partial charge < -0.3 is 15.4 Å². The fourth-order valence-corrected chi connectivity index (χ4v) is 2.83. The van der Waals surface area contributed by atoms with Gasteiger partial charge in [-0.25, -0.2) is 4.79 Å². The highest BCUT2D eigenvalue weighted by molar-refractivity contribution is 5.74. The fourth-order valence-electron chi connectivity index (χ4n) is 2.83. The molecule has 1 saturated heterocycles. The van der Waals surface area contributed by atoms with Crippen LogP contribution in [0.3, 0.4) is 0 Å². The van der Waals surface area contributed by atoms with Crippen LogP contribution in [0.25, 0.3) is 0 Å². The van der Waals surface area contributed by atoms with Gasteiger partial charge in [0.1, 0.15) is 0 Å². The molecule has 22 heavy (non-hydrogen) atoms. The van der Waals surface area contributed by atoms with Crippen molar-refractivity contribution in [2.24, 2.45) is 5.92 Å². The Balaban J connectivity index is 1.70. The van der Waals surface area contributed by atoms with Crippen LogP contribution in [0.15, 0.2) is 6.07 Å². The molecule has 2 rings (SSSR count). The van der Waals surface area contributed by atoms with Gasteiger partial charge in [-0.05, 0) is 45.6 Å². The molecule has 3 atom stereocenters. The largest absolute Gasteiger partial charge is 0.376 e. The van der Waals surface area contributed by atoms with E-state index in [0.717, 1.165) is 37.4 Å². The summed E-state index contributed by atoms with van der Waals surface area (Å²) in [6.45, 7) is 10.4. The first-order valence-corrected chi connectivity index (χ1v) is 8.12. The van der Waals surface area contributed by atoms with E-state index < -0.39 is 0 Å². The van der Waals surface area contributed by atoms with Crippen molar-refractivity contribution in [1.82, 2.24) is 20.4 Å². The highest BCUT2D eigenvalue weighted by Gasteiger charge is 2.23. The second-order valence-electron chi connectivity index (χ2n) is 6.41. The Hall–Kier alpha value is -1.56. The molecule has 2 amide bonds. The molecule has 3 unspecified atom stereocenters. The summed E-state index contributed by atoms with van der Waals surface area (Å²) >= 11 is 0. The molecule has 1 fully saturated rings. The summed E-state index contributed by atoms with van der Waals surface area (Å²) < 4.78 is 7.58. The second-order valence-corrected chi connectivity index (χ2v) is 6.41. The maximum atomic E-state index is 11.9. The number of aryl methyl sites for hydroxylation is 2. The van der Waals surface area contributed by atoms with Crippen molar-refractivity contribution in [2.75, 3.05) is 13.2 Å². The van der Waals surface area contributed by atoms with Crippen molar-refractivity contribution in [3.8, 4) is 0 Å². The van der Waals surface area contributed by atoms with Crippen molar-refractivity contribution < 1.29 is 9.53 Å². The van der Waals surface area contributed by atoms with Crippen molar-refractivity contribution >= 4 is 6.03 Å². The molecule has 2 N–H and O–H groups in total. The molecule has 1 aromatic rings. The standard InChI is InChI=1S/C16H28N4O2/c1-11(10-20-13(3)8-12(2)19-20)9-17-16(21)18-14(4)15-6-5-7-22-15/h8,11,14-15H,5-7,9-10H2,1-4H3,(H2,17,18,21). The lowest BCUT2D eigenvalue weighted by molar-refractivity contribution is 0.0859. The first kappa shape index (κ1) is 16.8. The average molecular weight is 308 g/mol. The van der Waals surface area contributed by atoms with Gasteiger partial charge >= 0.3 is 6.03 Å². The van der Waals surface area contributed by atoms with Crippen LogP contribution < -0.4 is 10.6 Å². The lowest BCUT2D eigenvalue weighted by Gasteiger charge is -2.21. The van der Waals surface area contributed by atoms with Crippen LogP contribution in [0.1, 0.15) is 38.1 Å². The zero-order chi connectivity index (χ0) is 16.1. The van der Waals surface area contributed by atoms with Crippen LogP contribution in [0.5, 0.6) is 0 Å². The van der Waals surface area contributed by atoms with E-state index in [2.05, 4.69) is 35.6 Å². The molecular weight excluding hydrogens is 280 g/mol. The van der Waals surface area contributed by atoms with Gasteiger partial charge in [0.2, 0.25) is 0 Å². The Kier molecular flexibility index (Phi) is 5.83. The SMILES string of the molecule is Cc1cc(C)n(CC(C)CNC(=O)NC(C)C2CCCO2)n1. The molecule has 1 aromatic heterocycles. The maximum Gasteiger partial charge on any atom is 0.315 e. The smallest absolute Gasteiger partial charge is 0.315 e. The minimum absolute atomic E-state index is 0.0498. The van der Waals surface area contributed by atoms with E-state index in [-0.39, 0.29) is 18.2 Å². The summed E-state index contributed by atoms with van der Waals surface area (Å²) in [4.78, 5) is 11.9. The van der Waals surface area contributed by atoms with Crippen molar-refractivity contribution in [1.29, 1.82) is 0 Å². The Morgan fingerprint density at radius 2 is 2.27 bits per heavy atom. The molecule has 6 heteroatoms. The second kappa shape index (κ2) is 7.63. The molecule has 0 bridgehead atoms. The zero-order valence-corrected chi connectivity index (χ0v) is 14.1. The summed E-state index contributed by atoms with van der Waals surface area (Å²) in [5.74, 6) is 0.321. The molecule has 1 aliphatic rings. The number of nitrogens with one attached hydrogen (secondary N) is 2. The van der Waals surface area contributed by atoms with Gasteiger partial charge in [-0.15, -0.1) is 0 Å². The maximum absolute atomic E-state index is 11.9. The van der Waals surface area contributed by atoms with Crippen LogP contribution in [-0.2, 0) is 11.3 Å². The van der Waals surface area contributed by atoms with E-state index in [4.69, 9.17) is 4.74 Å². The number of carbonyl (C=O) groups is 1. The van der Waals surface area contributed by atoms with Crippen LogP contribution in [0.2, 0.25) is 0 Å². The average Bonchev–Trinajstić information content (AvgIpc) is 3.07. The molecule has 0 aromatic carbocycles. The fraction of sp³-hybridized carbons (Fsp3) is 0.750. The van der Waals surface area contributed by atoms with Gasteiger partial charge in [-0.3, -0.25) is 4.68 Å². The van der Waals surface area contributed by atoms with Crippen molar-refractivity contribution in [3.05, 3.63) is 17.5 Å². The summed E-state index contributed by atoms with van der Waals surface area (Å²) in [7, 11) is 0. The van der Waals surface area contributed by atoms with E-state index >= 15 is 0 Å². The monoisotopic (exact) mass is 308 g/mol. The molecule has 0 spiro atoms. The summed E-state index contributed by atoms with van der Waals surface area (Å²) in [6.07, 6.45) is 2.26. The topological polar surface area (TPSA) is 68.2 Å². The molecule has 0 aliphatic carbocycles. The number of aromatic nitrogens is 2. The Morgan fingerprint density at radius 3 is 2.86 bits per heavy atom. The lowest BCUT2D eigenvalue weighted by atomic mass is 10.1. The molecule has 0 radical (unpaired) electrons. The number of hydrogen-bond acceptors (Lipinski definition) is 3. The summed E-state index contributed by atoms with van der Waals surface area (Å²) in [5, 5.41) is 10.3. The van der Waals surface area contributed by atoms with Crippen molar-refractivity contribution in [2.45, 2.75) is 59.2 Å². The Bertz CT molecular complexity index is 494. The molecule has 0 saturated carbocycles. The number of hydrogen-bond donors (Lipinski definition) is 2. The van der Waals surface area contributed by atoms with Crippen molar-refractivity contribution in [3.63, 3.8) is 0 Å². The normalized spacial score (nSPS) is 20.6. The number of rotatable bonds is 6. The number of ether oxygens (including phenoxy) is 1. The van der Waals surface area contributed by atoms with Gasteiger partial charge in [-0.1, -0.05) is 6.92 Å². The number of nitrogens with zero attached hydrogens (tertiary/aromatic N) is 2. The predicted molar refractivity (Wildman–Crippen MR) is 85.8 cm³/mol. The number of urea groups is 1. The Morgan fingerprint density at radius 1 is 1.50 bits per heavy atom. The van der Waals surface area contributed by atoms with Crippen LogP contribution in [0.4, 0.5) is 4.79 Å². The van der Waals surface area contributed by atoms with Gasteiger partial charge in [0.25, 0.3) is 0 Å². The van der Waals surface area contributed by atoms with E-state index in [1.807, 2.05) is 18.5 Å². The zero-order valence-electron chi connectivity index (χ0n) is 14.1. The quantitative estimate of drug-likeness (QED) is 0.844. The van der Waals surface area contributed by atoms with Gasteiger partial charge in [0.15, 0.2) is 0 Å². The third-order valence-electron chi connectivity index (χ3n) is 4.08. The third-order valence-corrected chi connectivity index (χ3v) is 4.08. The van der Waals surface area contributed by atoms with E-state index in [0.29, 0.717) is 12.5 Å². The number of amides is 2. The van der Waals surface area contributed by atoms with Gasteiger partial charge in [-0.2, -0.15) is 5.10 Å². The highest BCUT2D eigenvalue weighted by Crippen LogP contribution is 2.15. The minimum atomic E-state index is -0.122. The Labute approximate surface area is 132 Å². The van der Waals surface area contributed by atoms with Crippen LogP contribution in [0, 0.1) is 19.8 Å². The molecule has 1 aliphatic heterocycles.